The van der Waals surface area contributed by atoms with Crippen molar-refractivity contribution in [1.82, 2.24) is 5.32 Å². The molecule has 0 saturated carbocycles. The monoisotopic (exact) mass is 189 g/mol. The van der Waals surface area contributed by atoms with Crippen LogP contribution in [0.4, 0.5) is 0 Å². The molecule has 3 heteroatoms. The van der Waals surface area contributed by atoms with Crippen LogP contribution in [0.25, 0.3) is 0 Å². The number of hydrogen-bond donors (Lipinski definition) is 1. The van der Waals surface area contributed by atoms with Gasteiger partial charge in [-0.25, -0.2) is 0 Å². The molecule has 1 aliphatic heterocycles. The fourth-order valence-electron chi connectivity index (χ4n) is 1.94. The lowest BCUT2D eigenvalue weighted by Crippen LogP contribution is -2.29. The largest absolute Gasteiger partial charge is 0.467 e. The van der Waals surface area contributed by atoms with Crippen molar-refractivity contribution in [2.45, 2.75) is 12.5 Å². The van der Waals surface area contributed by atoms with E-state index in [1.807, 2.05) is 18.2 Å². The van der Waals surface area contributed by atoms with E-state index >= 15 is 0 Å². The lowest BCUT2D eigenvalue weighted by atomic mass is 10.0. The Hall–Kier alpha value is -1.48. The van der Waals surface area contributed by atoms with E-state index in [1.54, 1.807) is 12.5 Å². The van der Waals surface area contributed by atoms with Gasteiger partial charge in [-0.05, 0) is 30.2 Å². The minimum atomic E-state index is 0.0868. The summed E-state index contributed by atoms with van der Waals surface area (Å²) in [4.78, 5) is 0. The van der Waals surface area contributed by atoms with Crippen LogP contribution in [0, 0.1) is 0 Å². The van der Waals surface area contributed by atoms with E-state index < -0.39 is 0 Å². The maximum atomic E-state index is 5.47. The third-order valence-corrected chi connectivity index (χ3v) is 2.61. The molecule has 0 bridgehead atoms. The van der Waals surface area contributed by atoms with Crippen LogP contribution < -0.4 is 5.32 Å². The fraction of sp³-hybridized carbons (Fsp3) is 0.273. The zero-order valence-electron chi connectivity index (χ0n) is 7.69. The Bertz CT molecular complexity index is 416. The summed E-state index contributed by atoms with van der Waals surface area (Å²) in [5.74, 6) is 1.91. The first-order valence-corrected chi connectivity index (χ1v) is 4.78. The molecule has 0 saturated heterocycles. The molecule has 2 aromatic heterocycles. The van der Waals surface area contributed by atoms with Crippen molar-refractivity contribution in [2.24, 2.45) is 0 Å². The summed E-state index contributed by atoms with van der Waals surface area (Å²) < 4.78 is 10.8. The first-order chi connectivity index (χ1) is 6.95. The molecule has 1 atom stereocenters. The maximum Gasteiger partial charge on any atom is 0.131 e. The second-order valence-electron chi connectivity index (χ2n) is 3.46. The Morgan fingerprint density at radius 1 is 1.21 bits per heavy atom. The van der Waals surface area contributed by atoms with Gasteiger partial charge >= 0.3 is 0 Å². The smallest absolute Gasteiger partial charge is 0.131 e. The molecule has 3 nitrogen and oxygen atoms in total. The average Bonchev–Trinajstić information content (AvgIpc) is 2.88. The van der Waals surface area contributed by atoms with Crippen LogP contribution >= 0.6 is 0 Å². The molecule has 2 aromatic rings. The summed E-state index contributed by atoms with van der Waals surface area (Å²) >= 11 is 0. The Balaban J connectivity index is 2.04. The second-order valence-corrected chi connectivity index (χ2v) is 3.46. The predicted octanol–water partition coefficient (Wildman–Crippen LogP) is 2.11. The standard InChI is InChI=1S/C11H11NO2/c1-2-9(13-6-1)10-11-8(3-5-12-10)4-7-14-11/h1-2,4,6-7,10,12H,3,5H2. The normalized spacial score (nSPS) is 20.7. The molecule has 1 unspecified atom stereocenters. The van der Waals surface area contributed by atoms with Gasteiger partial charge in [0.15, 0.2) is 0 Å². The van der Waals surface area contributed by atoms with Crippen molar-refractivity contribution in [1.29, 1.82) is 0 Å². The molecule has 0 fully saturated rings. The zero-order valence-corrected chi connectivity index (χ0v) is 7.69. The molecule has 0 radical (unpaired) electrons. The molecule has 3 heterocycles. The van der Waals surface area contributed by atoms with Crippen LogP contribution in [0.3, 0.4) is 0 Å². The summed E-state index contributed by atoms with van der Waals surface area (Å²) in [6, 6.07) is 5.99. The zero-order chi connectivity index (χ0) is 9.38. The molecule has 72 valence electrons. The lowest BCUT2D eigenvalue weighted by molar-refractivity contribution is 0.373. The van der Waals surface area contributed by atoms with Gasteiger partial charge in [0.2, 0.25) is 0 Å². The van der Waals surface area contributed by atoms with Gasteiger partial charge in [0.05, 0.1) is 12.5 Å². The summed E-state index contributed by atoms with van der Waals surface area (Å²) in [6.45, 7) is 0.970. The Kier molecular flexibility index (Phi) is 1.70. The highest BCUT2D eigenvalue weighted by molar-refractivity contribution is 5.29. The summed E-state index contributed by atoms with van der Waals surface area (Å²) in [6.07, 6.45) is 4.46. The third kappa shape index (κ3) is 1.09. The van der Waals surface area contributed by atoms with Gasteiger partial charge in [-0.2, -0.15) is 0 Å². The highest BCUT2D eigenvalue weighted by atomic mass is 16.3. The van der Waals surface area contributed by atoms with Crippen LogP contribution in [0.5, 0.6) is 0 Å². The average molecular weight is 189 g/mol. The lowest BCUT2D eigenvalue weighted by Gasteiger charge is -2.20. The van der Waals surface area contributed by atoms with E-state index in [1.165, 1.54) is 5.56 Å². The first-order valence-electron chi connectivity index (χ1n) is 4.78. The first kappa shape index (κ1) is 7.88. The molecule has 1 N–H and O–H groups in total. The topological polar surface area (TPSA) is 38.3 Å². The molecule has 1 aliphatic rings. The van der Waals surface area contributed by atoms with Gasteiger partial charge in [-0.3, -0.25) is 0 Å². The van der Waals surface area contributed by atoms with Gasteiger partial charge in [-0.15, -0.1) is 0 Å². The highest BCUT2D eigenvalue weighted by Crippen LogP contribution is 2.29. The van der Waals surface area contributed by atoms with E-state index in [4.69, 9.17) is 8.83 Å². The number of hydrogen-bond acceptors (Lipinski definition) is 3. The van der Waals surface area contributed by atoms with Crippen molar-refractivity contribution in [2.75, 3.05) is 6.54 Å². The van der Waals surface area contributed by atoms with E-state index in [-0.39, 0.29) is 6.04 Å². The molecule has 14 heavy (non-hydrogen) atoms. The van der Waals surface area contributed by atoms with Crippen LogP contribution in [-0.4, -0.2) is 6.54 Å². The molecule has 0 amide bonds. The van der Waals surface area contributed by atoms with Gasteiger partial charge in [0.1, 0.15) is 17.6 Å². The van der Waals surface area contributed by atoms with E-state index in [0.29, 0.717) is 0 Å². The van der Waals surface area contributed by atoms with Gasteiger partial charge in [-0.1, -0.05) is 0 Å². The number of furan rings is 2. The van der Waals surface area contributed by atoms with E-state index in [0.717, 1.165) is 24.5 Å². The Morgan fingerprint density at radius 3 is 3.07 bits per heavy atom. The molecule has 0 aliphatic carbocycles. The van der Waals surface area contributed by atoms with Gasteiger partial charge in [0.25, 0.3) is 0 Å². The maximum absolute atomic E-state index is 5.47. The second kappa shape index (κ2) is 3.03. The number of rotatable bonds is 1. The van der Waals surface area contributed by atoms with Crippen molar-refractivity contribution in [3.05, 3.63) is 47.8 Å². The predicted molar refractivity (Wildman–Crippen MR) is 51.0 cm³/mol. The summed E-state index contributed by atoms with van der Waals surface area (Å²) in [5.41, 5.74) is 1.28. The summed E-state index contributed by atoms with van der Waals surface area (Å²) in [7, 11) is 0. The summed E-state index contributed by atoms with van der Waals surface area (Å²) in [5, 5.41) is 3.38. The highest BCUT2D eigenvalue weighted by Gasteiger charge is 2.25. The van der Waals surface area contributed by atoms with Gasteiger partial charge < -0.3 is 14.2 Å². The quantitative estimate of drug-likeness (QED) is 0.746. The van der Waals surface area contributed by atoms with Crippen LogP contribution in [-0.2, 0) is 6.42 Å². The Morgan fingerprint density at radius 2 is 2.21 bits per heavy atom. The SMILES string of the molecule is c1coc(C2NCCc3ccoc32)c1. The molecule has 0 aromatic carbocycles. The van der Waals surface area contributed by atoms with Crippen LogP contribution in [0.1, 0.15) is 23.1 Å². The van der Waals surface area contributed by atoms with Crippen molar-refractivity contribution in [3.8, 4) is 0 Å². The third-order valence-electron chi connectivity index (χ3n) is 2.61. The number of fused-ring (bicyclic) bond motifs is 1. The van der Waals surface area contributed by atoms with Crippen LogP contribution in [0.2, 0.25) is 0 Å². The molecule has 0 spiro atoms. The molecular weight excluding hydrogens is 178 g/mol. The van der Waals surface area contributed by atoms with E-state index in [9.17, 15) is 0 Å². The molecular formula is C11H11NO2. The van der Waals surface area contributed by atoms with Crippen molar-refractivity contribution >= 4 is 0 Å². The van der Waals surface area contributed by atoms with Crippen molar-refractivity contribution in [3.63, 3.8) is 0 Å². The van der Waals surface area contributed by atoms with Crippen molar-refractivity contribution < 1.29 is 8.83 Å². The fourth-order valence-corrected chi connectivity index (χ4v) is 1.94. The minimum absolute atomic E-state index is 0.0868. The number of nitrogens with one attached hydrogen (secondary N) is 1. The van der Waals surface area contributed by atoms with Crippen LogP contribution in [0.15, 0.2) is 39.6 Å². The minimum Gasteiger partial charge on any atom is -0.467 e. The van der Waals surface area contributed by atoms with E-state index in [2.05, 4.69) is 5.32 Å². The molecule has 3 rings (SSSR count). The van der Waals surface area contributed by atoms with Gasteiger partial charge in [0, 0.05) is 6.54 Å². The Labute approximate surface area is 81.7 Å².